The number of guanidine groups is 1. The van der Waals surface area contributed by atoms with E-state index in [1.807, 2.05) is 13.8 Å². The summed E-state index contributed by atoms with van der Waals surface area (Å²) in [4.78, 5) is 33.2. The Morgan fingerprint density at radius 3 is 2.67 bits per heavy atom. The molecule has 0 saturated carbocycles. The molecule has 1 atom stereocenters. The van der Waals surface area contributed by atoms with Crippen molar-refractivity contribution in [3.63, 3.8) is 0 Å². The molecule has 2 rings (SSSR count). The molecule has 1 unspecified atom stereocenters. The molecule has 0 aliphatic carbocycles. The number of aliphatic imine (C=N–C) groups is 1. The number of carbonyl (C=O) groups excluding carboxylic acids is 2. The van der Waals surface area contributed by atoms with Gasteiger partial charge in [-0.05, 0) is 40.2 Å². The summed E-state index contributed by atoms with van der Waals surface area (Å²) in [5.41, 5.74) is 1.47. The van der Waals surface area contributed by atoms with Crippen molar-refractivity contribution < 1.29 is 18.7 Å². The van der Waals surface area contributed by atoms with Crippen molar-refractivity contribution in [3.05, 3.63) is 39.2 Å². The van der Waals surface area contributed by atoms with Gasteiger partial charge >= 0.3 is 5.97 Å². The zero-order valence-corrected chi connectivity index (χ0v) is 18.8. The van der Waals surface area contributed by atoms with Crippen LogP contribution in [0.5, 0.6) is 0 Å². The van der Waals surface area contributed by atoms with Crippen molar-refractivity contribution in [1.82, 2.24) is 20.9 Å². The summed E-state index contributed by atoms with van der Waals surface area (Å²) >= 11 is 1.32. The van der Waals surface area contributed by atoms with E-state index in [0.29, 0.717) is 48.4 Å². The minimum Gasteiger partial charge on any atom is -0.462 e. The Bertz CT molecular complexity index is 890. The first-order valence-corrected chi connectivity index (χ1v) is 10.6. The highest BCUT2D eigenvalue weighted by atomic mass is 32.1. The fourth-order valence-electron chi connectivity index (χ4n) is 2.63. The molecule has 0 bridgehead atoms. The van der Waals surface area contributed by atoms with Crippen LogP contribution in [0.25, 0.3) is 0 Å². The largest absolute Gasteiger partial charge is 0.462 e. The minimum absolute atomic E-state index is 0.135. The molecule has 0 saturated heterocycles. The molecule has 10 heteroatoms. The second kappa shape index (κ2) is 11.3. The summed E-state index contributed by atoms with van der Waals surface area (Å²) in [5.74, 6) is 0.391. The summed E-state index contributed by atoms with van der Waals surface area (Å²) in [6.07, 6.45) is 2.21. The first-order chi connectivity index (χ1) is 14.4. The molecule has 30 heavy (non-hydrogen) atoms. The monoisotopic (exact) mass is 435 g/mol. The zero-order chi connectivity index (χ0) is 22.1. The molecule has 0 radical (unpaired) electrons. The van der Waals surface area contributed by atoms with E-state index in [9.17, 15) is 9.59 Å². The predicted molar refractivity (Wildman–Crippen MR) is 116 cm³/mol. The fraction of sp³-hybridized carbons (Fsp3) is 0.500. The molecule has 2 heterocycles. The number of hydrogen-bond donors (Lipinski definition) is 3. The van der Waals surface area contributed by atoms with Crippen LogP contribution < -0.4 is 16.0 Å². The molecule has 0 aromatic carbocycles. The van der Waals surface area contributed by atoms with Crippen LogP contribution >= 0.6 is 11.3 Å². The van der Waals surface area contributed by atoms with Gasteiger partial charge in [-0.15, -0.1) is 11.3 Å². The average molecular weight is 436 g/mol. The van der Waals surface area contributed by atoms with Crippen LogP contribution in [-0.2, 0) is 4.74 Å². The van der Waals surface area contributed by atoms with Crippen LogP contribution in [0.1, 0.15) is 62.8 Å². The third kappa shape index (κ3) is 6.31. The van der Waals surface area contributed by atoms with E-state index in [4.69, 9.17) is 9.15 Å². The molecule has 0 aliphatic rings. The Hall–Kier alpha value is -2.88. The van der Waals surface area contributed by atoms with E-state index in [1.165, 1.54) is 17.6 Å². The second-order valence-electron chi connectivity index (χ2n) is 6.59. The van der Waals surface area contributed by atoms with E-state index in [0.717, 1.165) is 10.6 Å². The highest BCUT2D eigenvalue weighted by Crippen LogP contribution is 2.24. The van der Waals surface area contributed by atoms with Crippen molar-refractivity contribution in [3.8, 4) is 0 Å². The Morgan fingerprint density at radius 1 is 1.30 bits per heavy atom. The molecule has 1 amide bonds. The Kier molecular flexibility index (Phi) is 8.85. The summed E-state index contributed by atoms with van der Waals surface area (Å²) in [6.45, 7) is 8.81. The number of furan rings is 1. The zero-order valence-electron chi connectivity index (χ0n) is 18.0. The van der Waals surface area contributed by atoms with Crippen LogP contribution in [0.3, 0.4) is 0 Å². The van der Waals surface area contributed by atoms with Crippen molar-refractivity contribution in [2.24, 2.45) is 4.99 Å². The Labute approximate surface area is 180 Å². The lowest BCUT2D eigenvalue weighted by Crippen LogP contribution is -2.40. The van der Waals surface area contributed by atoms with Crippen LogP contribution in [-0.4, -0.2) is 49.6 Å². The summed E-state index contributed by atoms with van der Waals surface area (Å²) in [7, 11) is 1.68. The topological polar surface area (TPSA) is 118 Å². The highest BCUT2D eigenvalue weighted by Gasteiger charge is 2.20. The number of thiazole rings is 1. The average Bonchev–Trinajstić information content (AvgIpc) is 3.32. The number of nitrogens with zero attached hydrogens (tertiary/aromatic N) is 2. The number of carbonyl (C=O) groups is 2. The van der Waals surface area contributed by atoms with E-state index < -0.39 is 0 Å². The van der Waals surface area contributed by atoms with Gasteiger partial charge < -0.3 is 25.1 Å². The van der Waals surface area contributed by atoms with Crippen LogP contribution in [0.15, 0.2) is 21.7 Å². The van der Waals surface area contributed by atoms with Gasteiger partial charge in [-0.1, -0.05) is 0 Å². The van der Waals surface area contributed by atoms with Gasteiger partial charge in [-0.3, -0.25) is 9.79 Å². The summed E-state index contributed by atoms with van der Waals surface area (Å²) < 4.78 is 10.2. The second-order valence-corrected chi connectivity index (χ2v) is 7.62. The third-order valence-corrected chi connectivity index (χ3v) is 5.54. The fourth-order valence-corrected chi connectivity index (χ4v) is 3.60. The van der Waals surface area contributed by atoms with Gasteiger partial charge in [0.25, 0.3) is 5.91 Å². The normalized spacial score (nSPS) is 12.4. The standard InChI is InChI=1S/C20H29N5O4S/c1-6-28-19(27)16-13(3)24-18(30-16)14(4)25-20(21-5)23-10-7-9-22-17(26)15-12(2)8-11-29-15/h8,11,14H,6-7,9-10H2,1-5H3,(H,22,26)(H2,21,23,25). The number of nitrogens with one attached hydrogen (secondary N) is 3. The van der Waals surface area contributed by atoms with E-state index >= 15 is 0 Å². The molecular weight excluding hydrogens is 406 g/mol. The number of hydrogen-bond acceptors (Lipinski definition) is 7. The Balaban J connectivity index is 1.77. The van der Waals surface area contributed by atoms with Crippen molar-refractivity contribution in [2.45, 2.75) is 40.2 Å². The van der Waals surface area contributed by atoms with Crippen molar-refractivity contribution in [1.29, 1.82) is 0 Å². The van der Waals surface area contributed by atoms with E-state index in [-0.39, 0.29) is 17.9 Å². The molecule has 0 fully saturated rings. The molecule has 3 N–H and O–H groups in total. The molecule has 2 aromatic rings. The van der Waals surface area contributed by atoms with E-state index in [2.05, 4.69) is 25.9 Å². The lowest BCUT2D eigenvalue weighted by molar-refractivity contribution is 0.0531. The first kappa shape index (κ1) is 23.4. The number of rotatable bonds is 9. The quantitative estimate of drug-likeness (QED) is 0.240. The highest BCUT2D eigenvalue weighted by molar-refractivity contribution is 7.13. The lowest BCUT2D eigenvalue weighted by atomic mass is 10.2. The van der Waals surface area contributed by atoms with Gasteiger partial charge in [0.2, 0.25) is 0 Å². The molecule has 2 aromatic heterocycles. The van der Waals surface area contributed by atoms with Gasteiger partial charge in [0.05, 0.1) is 24.6 Å². The number of amides is 1. The molecule has 0 aliphatic heterocycles. The summed E-state index contributed by atoms with van der Waals surface area (Å²) in [6, 6.07) is 1.62. The SMILES string of the molecule is CCOC(=O)c1sc(C(C)NC(=NC)NCCCNC(=O)c2occc2C)nc1C. The number of ether oxygens (including phenoxy) is 1. The van der Waals surface area contributed by atoms with Crippen LogP contribution in [0.2, 0.25) is 0 Å². The lowest BCUT2D eigenvalue weighted by Gasteiger charge is -2.16. The maximum absolute atomic E-state index is 12.0. The van der Waals surface area contributed by atoms with Gasteiger partial charge in [-0.25, -0.2) is 9.78 Å². The number of aromatic nitrogens is 1. The van der Waals surface area contributed by atoms with Crippen molar-refractivity contribution in [2.75, 3.05) is 26.7 Å². The molecular formula is C20H29N5O4S. The summed E-state index contributed by atoms with van der Waals surface area (Å²) in [5, 5.41) is 10.1. The van der Waals surface area contributed by atoms with Gasteiger partial charge in [0.15, 0.2) is 11.7 Å². The number of esters is 1. The van der Waals surface area contributed by atoms with Crippen LogP contribution in [0, 0.1) is 13.8 Å². The van der Waals surface area contributed by atoms with E-state index in [1.54, 1.807) is 27.0 Å². The predicted octanol–water partition coefficient (Wildman–Crippen LogP) is 2.58. The van der Waals surface area contributed by atoms with Gasteiger partial charge in [0.1, 0.15) is 9.88 Å². The smallest absolute Gasteiger partial charge is 0.350 e. The third-order valence-electron chi connectivity index (χ3n) is 4.22. The van der Waals surface area contributed by atoms with Gasteiger partial charge in [-0.2, -0.15) is 0 Å². The maximum Gasteiger partial charge on any atom is 0.350 e. The number of aryl methyl sites for hydroxylation is 2. The van der Waals surface area contributed by atoms with Crippen molar-refractivity contribution >= 4 is 29.2 Å². The first-order valence-electron chi connectivity index (χ1n) is 9.81. The molecule has 9 nitrogen and oxygen atoms in total. The van der Waals surface area contributed by atoms with Gasteiger partial charge in [0, 0.05) is 25.7 Å². The Morgan fingerprint density at radius 2 is 2.03 bits per heavy atom. The molecule has 0 spiro atoms. The maximum atomic E-state index is 12.0. The van der Waals surface area contributed by atoms with Crippen LogP contribution in [0.4, 0.5) is 0 Å². The minimum atomic E-state index is -0.347. The molecule has 164 valence electrons.